The Bertz CT molecular complexity index is 298. The number of phenols is 1. The van der Waals surface area contributed by atoms with Crippen LogP contribution in [0.25, 0.3) is 0 Å². The monoisotopic (exact) mass is 190 g/mol. The van der Waals surface area contributed by atoms with Crippen LogP contribution < -0.4 is 0 Å². The van der Waals surface area contributed by atoms with E-state index in [1.165, 1.54) is 18.2 Å². The van der Waals surface area contributed by atoms with Gasteiger partial charge in [0, 0.05) is 4.90 Å². The molecule has 0 radical (unpaired) electrons. The first-order valence-corrected chi connectivity index (χ1v) is 4.29. The van der Waals surface area contributed by atoms with Crippen molar-refractivity contribution in [2.75, 3.05) is 0 Å². The summed E-state index contributed by atoms with van der Waals surface area (Å²) in [5, 5.41) is 9.03. The molecule has 2 N–H and O–H groups in total. The highest BCUT2D eigenvalue weighted by Crippen LogP contribution is 2.22. The van der Waals surface area contributed by atoms with Crippen LogP contribution in [0.1, 0.15) is 0 Å². The molecule has 0 aromatic heterocycles. The van der Waals surface area contributed by atoms with Gasteiger partial charge < -0.3 is 9.66 Å². The SMILES string of the molecule is O=S(O)c1ccc(S)c(O)c1. The van der Waals surface area contributed by atoms with Crippen molar-refractivity contribution in [1.82, 2.24) is 0 Å². The van der Waals surface area contributed by atoms with Gasteiger partial charge >= 0.3 is 0 Å². The zero-order chi connectivity index (χ0) is 8.43. The number of phenolic OH excluding ortho intramolecular Hbond substituents is 1. The van der Waals surface area contributed by atoms with Crippen LogP contribution in [-0.4, -0.2) is 13.9 Å². The van der Waals surface area contributed by atoms with Crippen molar-refractivity contribution in [3.05, 3.63) is 18.2 Å². The van der Waals surface area contributed by atoms with Gasteiger partial charge in [-0.2, -0.15) is 0 Å². The van der Waals surface area contributed by atoms with Crippen LogP contribution in [0.5, 0.6) is 5.75 Å². The Labute approximate surface area is 71.8 Å². The molecule has 0 bridgehead atoms. The molecule has 1 aromatic rings. The maximum Gasteiger partial charge on any atom is 0.186 e. The second-order valence-corrected chi connectivity index (χ2v) is 3.35. The molecule has 0 heterocycles. The van der Waals surface area contributed by atoms with Crippen molar-refractivity contribution in [2.24, 2.45) is 0 Å². The molecule has 1 unspecified atom stereocenters. The van der Waals surface area contributed by atoms with Crippen molar-refractivity contribution in [3.63, 3.8) is 0 Å². The molecule has 0 saturated heterocycles. The average Bonchev–Trinajstić information content (AvgIpc) is 1.94. The van der Waals surface area contributed by atoms with Gasteiger partial charge in [-0.1, -0.05) is 0 Å². The lowest BCUT2D eigenvalue weighted by Gasteiger charge is -1.98. The third-order valence-electron chi connectivity index (χ3n) is 1.15. The molecule has 11 heavy (non-hydrogen) atoms. The summed E-state index contributed by atoms with van der Waals surface area (Å²) in [7, 11) is 0. The fourth-order valence-corrected chi connectivity index (χ4v) is 1.15. The summed E-state index contributed by atoms with van der Waals surface area (Å²) < 4.78 is 19.0. The number of benzene rings is 1. The van der Waals surface area contributed by atoms with Gasteiger partial charge in [0.1, 0.15) is 5.75 Å². The number of aromatic hydroxyl groups is 1. The third kappa shape index (κ3) is 1.95. The minimum atomic E-state index is -2.04. The molecule has 1 aromatic carbocycles. The molecule has 5 heteroatoms. The molecule has 0 fully saturated rings. The summed E-state index contributed by atoms with van der Waals surface area (Å²) >= 11 is 1.84. The Morgan fingerprint density at radius 2 is 2.09 bits per heavy atom. The van der Waals surface area contributed by atoms with Gasteiger partial charge in [0.05, 0.1) is 4.90 Å². The van der Waals surface area contributed by atoms with Crippen LogP contribution in [0.2, 0.25) is 0 Å². The van der Waals surface area contributed by atoms with E-state index < -0.39 is 11.1 Å². The first-order valence-electron chi connectivity index (χ1n) is 2.74. The zero-order valence-electron chi connectivity index (χ0n) is 5.39. The smallest absolute Gasteiger partial charge is 0.186 e. The van der Waals surface area contributed by atoms with Gasteiger partial charge in [0.25, 0.3) is 0 Å². The predicted molar refractivity (Wildman–Crippen MR) is 44.4 cm³/mol. The Balaban J connectivity index is 3.15. The van der Waals surface area contributed by atoms with Crippen LogP contribution in [0.3, 0.4) is 0 Å². The summed E-state index contributed by atoms with van der Waals surface area (Å²) in [5.74, 6) is -0.0896. The van der Waals surface area contributed by atoms with E-state index in [-0.39, 0.29) is 10.6 Å². The van der Waals surface area contributed by atoms with Crippen LogP contribution in [0, 0.1) is 0 Å². The molecular weight excluding hydrogens is 184 g/mol. The van der Waals surface area contributed by atoms with Crippen molar-refractivity contribution >= 4 is 23.7 Å². The Morgan fingerprint density at radius 1 is 1.45 bits per heavy atom. The highest BCUT2D eigenvalue weighted by atomic mass is 32.2. The van der Waals surface area contributed by atoms with E-state index in [1.807, 2.05) is 0 Å². The second kappa shape index (κ2) is 3.25. The maximum absolute atomic E-state index is 10.4. The van der Waals surface area contributed by atoms with Crippen LogP contribution >= 0.6 is 12.6 Å². The molecule has 0 saturated carbocycles. The molecule has 1 rings (SSSR count). The average molecular weight is 190 g/mol. The Morgan fingerprint density at radius 3 is 2.55 bits per heavy atom. The molecule has 0 spiro atoms. The Hall–Kier alpha value is -0.520. The topological polar surface area (TPSA) is 57.5 Å². The summed E-state index contributed by atoms with van der Waals surface area (Å²) in [6.07, 6.45) is 0. The summed E-state index contributed by atoms with van der Waals surface area (Å²) in [4.78, 5) is 0.555. The minimum absolute atomic E-state index is 0.0896. The normalized spacial score (nSPS) is 12.9. The summed E-state index contributed by atoms with van der Waals surface area (Å²) in [6.45, 7) is 0. The van der Waals surface area contributed by atoms with E-state index in [4.69, 9.17) is 9.66 Å². The molecule has 0 aliphatic heterocycles. The second-order valence-electron chi connectivity index (χ2n) is 1.90. The lowest BCUT2D eigenvalue weighted by atomic mass is 10.3. The van der Waals surface area contributed by atoms with Gasteiger partial charge in [-0.15, -0.1) is 12.6 Å². The van der Waals surface area contributed by atoms with Gasteiger partial charge in [-0.3, -0.25) is 0 Å². The van der Waals surface area contributed by atoms with E-state index in [9.17, 15) is 4.21 Å². The number of thiol groups is 1. The molecule has 1 atom stereocenters. The van der Waals surface area contributed by atoms with Gasteiger partial charge in [0.15, 0.2) is 11.1 Å². The van der Waals surface area contributed by atoms with Gasteiger partial charge in [-0.05, 0) is 18.2 Å². The number of rotatable bonds is 1. The first kappa shape index (κ1) is 8.58. The first-order chi connectivity index (χ1) is 5.11. The number of hydrogen-bond donors (Lipinski definition) is 3. The fourth-order valence-electron chi connectivity index (χ4n) is 0.612. The maximum atomic E-state index is 10.4. The molecule has 0 aliphatic rings. The fraction of sp³-hybridized carbons (Fsp3) is 0. The van der Waals surface area contributed by atoms with Crippen molar-refractivity contribution in [3.8, 4) is 5.75 Å². The molecular formula is C6H6O3S2. The van der Waals surface area contributed by atoms with E-state index in [0.29, 0.717) is 4.90 Å². The van der Waals surface area contributed by atoms with Gasteiger partial charge in [0.2, 0.25) is 0 Å². The lowest BCUT2D eigenvalue weighted by molar-refractivity contribution is 0.460. The van der Waals surface area contributed by atoms with Crippen molar-refractivity contribution in [2.45, 2.75) is 9.79 Å². The standard InChI is InChI=1S/C6H6O3S2/c7-5-3-4(11(8)9)1-2-6(5)10/h1-3,7,10H,(H,8,9). The number of hydrogen-bond acceptors (Lipinski definition) is 3. The van der Waals surface area contributed by atoms with Crippen LogP contribution in [0.15, 0.2) is 28.0 Å². The van der Waals surface area contributed by atoms with E-state index in [0.717, 1.165) is 0 Å². The van der Waals surface area contributed by atoms with E-state index >= 15 is 0 Å². The summed E-state index contributed by atoms with van der Waals surface area (Å²) in [5.41, 5.74) is 0. The van der Waals surface area contributed by atoms with Crippen molar-refractivity contribution < 1.29 is 13.9 Å². The van der Waals surface area contributed by atoms with E-state index in [1.54, 1.807) is 0 Å². The highest BCUT2D eigenvalue weighted by Gasteiger charge is 2.02. The lowest BCUT2D eigenvalue weighted by Crippen LogP contribution is -1.86. The quantitative estimate of drug-likeness (QED) is 0.461. The van der Waals surface area contributed by atoms with Gasteiger partial charge in [-0.25, -0.2) is 4.21 Å². The van der Waals surface area contributed by atoms with Crippen molar-refractivity contribution in [1.29, 1.82) is 0 Å². The molecule has 60 valence electrons. The van der Waals surface area contributed by atoms with Crippen LogP contribution in [0.4, 0.5) is 0 Å². The minimum Gasteiger partial charge on any atom is -0.507 e. The zero-order valence-corrected chi connectivity index (χ0v) is 7.10. The van der Waals surface area contributed by atoms with E-state index in [2.05, 4.69) is 12.6 Å². The Kier molecular flexibility index (Phi) is 2.53. The third-order valence-corrected chi connectivity index (χ3v) is 2.18. The highest BCUT2D eigenvalue weighted by molar-refractivity contribution is 7.80. The largest absolute Gasteiger partial charge is 0.507 e. The van der Waals surface area contributed by atoms with Crippen LogP contribution in [-0.2, 0) is 11.1 Å². The molecule has 3 nitrogen and oxygen atoms in total. The molecule has 0 amide bonds. The predicted octanol–water partition coefficient (Wildman–Crippen LogP) is 1.26. The summed E-state index contributed by atoms with van der Waals surface area (Å²) in [6, 6.07) is 4.10. The molecule has 0 aliphatic carbocycles.